The summed E-state index contributed by atoms with van der Waals surface area (Å²) in [5, 5.41) is 9.79. The molecule has 0 aliphatic rings. The molecule has 0 saturated carbocycles. The average molecular weight is 249 g/mol. The normalized spacial score (nSPS) is 16.0. The van der Waals surface area contributed by atoms with Gasteiger partial charge in [0.25, 0.3) is 0 Å². The summed E-state index contributed by atoms with van der Waals surface area (Å²) in [6.07, 6.45) is -0.186. The average Bonchev–Trinajstić information content (AvgIpc) is 2.15. The Kier molecular flexibility index (Phi) is 3.76. The van der Waals surface area contributed by atoms with Crippen LogP contribution in [-0.2, 0) is 9.84 Å². The van der Waals surface area contributed by atoms with Gasteiger partial charge in [0.05, 0.1) is 0 Å². The molecule has 1 rings (SSSR count). The van der Waals surface area contributed by atoms with E-state index >= 15 is 0 Å². The summed E-state index contributed by atoms with van der Waals surface area (Å²) in [5.74, 6) is 0. The van der Waals surface area contributed by atoms with Crippen LogP contribution in [-0.4, -0.2) is 24.5 Å². The predicted octanol–water partition coefficient (Wildman–Crippen LogP) is 1.64. The lowest BCUT2D eigenvalue weighted by Gasteiger charge is -2.17. The van der Waals surface area contributed by atoms with Gasteiger partial charge in [-0.15, -0.1) is 11.6 Å². The van der Waals surface area contributed by atoms with Crippen molar-refractivity contribution in [3.8, 4) is 0 Å². The molecule has 1 aromatic carbocycles. The minimum absolute atomic E-state index is 0.544. The van der Waals surface area contributed by atoms with E-state index in [-0.39, 0.29) is 0 Å². The third-order valence-electron chi connectivity index (χ3n) is 2.16. The van der Waals surface area contributed by atoms with Crippen molar-refractivity contribution in [3.05, 3.63) is 35.4 Å². The van der Waals surface area contributed by atoms with Gasteiger partial charge in [0.15, 0.2) is 14.5 Å². The van der Waals surface area contributed by atoms with Crippen LogP contribution in [0.5, 0.6) is 0 Å². The number of halogens is 1. The Labute approximate surface area is 94.6 Å². The fraction of sp³-hybridized carbons (Fsp3) is 0.400. The predicted molar refractivity (Wildman–Crippen MR) is 60.6 cm³/mol. The summed E-state index contributed by atoms with van der Waals surface area (Å²) < 4.78 is 21.0. The molecule has 0 radical (unpaired) electrons. The molecular weight excluding hydrogens is 236 g/mol. The Morgan fingerprint density at radius 3 is 2.33 bits per heavy atom. The van der Waals surface area contributed by atoms with Crippen molar-refractivity contribution in [3.63, 3.8) is 0 Å². The summed E-state index contributed by atoms with van der Waals surface area (Å²) in [5.41, 5.74) is 1.36. The molecule has 0 bridgehead atoms. The molecule has 0 fully saturated rings. The van der Waals surface area contributed by atoms with E-state index in [0.29, 0.717) is 5.56 Å². The third-order valence-corrected chi connectivity index (χ3v) is 4.45. The zero-order chi connectivity index (χ0) is 11.6. The number of aryl methyl sites for hydroxylation is 1. The molecule has 3 nitrogen and oxygen atoms in total. The molecule has 0 unspecified atom stereocenters. The number of benzene rings is 1. The van der Waals surface area contributed by atoms with Gasteiger partial charge in [0.2, 0.25) is 0 Å². The zero-order valence-electron chi connectivity index (χ0n) is 8.51. The van der Waals surface area contributed by atoms with Crippen LogP contribution < -0.4 is 0 Å². The number of hydrogen-bond donors (Lipinski definition) is 1. The van der Waals surface area contributed by atoms with Gasteiger partial charge in [-0.25, -0.2) is 8.42 Å². The van der Waals surface area contributed by atoms with Crippen molar-refractivity contribution in [2.24, 2.45) is 0 Å². The molecule has 15 heavy (non-hydrogen) atoms. The first-order valence-electron chi connectivity index (χ1n) is 4.40. The maximum atomic E-state index is 11.2. The van der Waals surface area contributed by atoms with Crippen LogP contribution in [0.2, 0.25) is 0 Å². The quantitative estimate of drug-likeness (QED) is 0.828. The van der Waals surface area contributed by atoms with Crippen molar-refractivity contribution in [2.45, 2.75) is 17.7 Å². The number of aliphatic hydroxyl groups excluding tert-OH is 1. The van der Waals surface area contributed by atoms with Crippen LogP contribution in [0.3, 0.4) is 0 Å². The first-order chi connectivity index (χ1) is 6.84. The van der Waals surface area contributed by atoms with Gasteiger partial charge in [-0.3, -0.25) is 0 Å². The van der Waals surface area contributed by atoms with E-state index in [2.05, 4.69) is 0 Å². The molecule has 0 aliphatic heterocycles. The molecule has 0 heterocycles. The van der Waals surface area contributed by atoms with Crippen molar-refractivity contribution in [1.82, 2.24) is 0 Å². The Balaban J connectivity index is 3.06. The lowest BCUT2D eigenvalue weighted by atomic mass is 10.1. The summed E-state index contributed by atoms with van der Waals surface area (Å²) >= 11 is 5.68. The van der Waals surface area contributed by atoms with Crippen LogP contribution in [0.4, 0.5) is 0 Å². The highest BCUT2D eigenvalue weighted by Gasteiger charge is 2.28. The van der Waals surface area contributed by atoms with Gasteiger partial charge in [-0.05, 0) is 18.1 Å². The largest absolute Gasteiger partial charge is 0.386 e. The molecule has 0 spiro atoms. The minimum atomic E-state index is -3.45. The number of sulfone groups is 1. The molecule has 5 heteroatoms. The lowest BCUT2D eigenvalue weighted by Crippen LogP contribution is -2.22. The zero-order valence-corrected chi connectivity index (χ0v) is 10.1. The van der Waals surface area contributed by atoms with Gasteiger partial charge < -0.3 is 5.11 Å². The molecule has 0 aromatic heterocycles. The van der Waals surface area contributed by atoms with E-state index in [1.54, 1.807) is 25.1 Å². The number of alkyl halides is 1. The first-order valence-corrected chi connectivity index (χ1v) is 6.79. The van der Waals surface area contributed by atoms with Gasteiger partial charge in [0, 0.05) is 6.26 Å². The van der Waals surface area contributed by atoms with E-state index < -0.39 is 20.7 Å². The van der Waals surface area contributed by atoms with E-state index in [4.69, 9.17) is 11.6 Å². The maximum absolute atomic E-state index is 11.2. The molecule has 0 saturated heterocycles. The summed E-state index contributed by atoms with van der Waals surface area (Å²) in [6, 6.07) is 7.01. The van der Waals surface area contributed by atoms with Crippen molar-refractivity contribution in [2.75, 3.05) is 6.26 Å². The molecule has 0 aliphatic carbocycles. The van der Waals surface area contributed by atoms with Crippen molar-refractivity contribution < 1.29 is 13.5 Å². The van der Waals surface area contributed by atoms with Crippen LogP contribution >= 0.6 is 11.6 Å². The standard InChI is InChI=1S/C10H13ClO3S/c1-7-5-3-4-6-8(7)9(12)10(11)15(2,13)14/h3-6,9-10,12H,1-2H3/t9-,10-/m1/s1. The molecule has 84 valence electrons. The van der Waals surface area contributed by atoms with E-state index in [1.807, 2.05) is 6.07 Å². The summed E-state index contributed by atoms with van der Waals surface area (Å²) in [6.45, 7) is 1.80. The first kappa shape index (κ1) is 12.5. The van der Waals surface area contributed by atoms with Crippen LogP contribution in [0.15, 0.2) is 24.3 Å². The van der Waals surface area contributed by atoms with Gasteiger partial charge in [-0.2, -0.15) is 0 Å². The Morgan fingerprint density at radius 2 is 1.87 bits per heavy atom. The number of rotatable bonds is 3. The van der Waals surface area contributed by atoms with Crippen LogP contribution in [0, 0.1) is 6.92 Å². The number of hydrogen-bond acceptors (Lipinski definition) is 3. The fourth-order valence-electron chi connectivity index (χ4n) is 1.29. The maximum Gasteiger partial charge on any atom is 0.167 e. The molecule has 1 aromatic rings. The van der Waals surface area contributed by atoms with Crippen molar-refractivity contribution in [1.29, 1.82) is 0 Å². The van der Waals surface area contributed by atoms with E-state index in [0.717, 1.165) is 11.8 Å². The highest BCUT2D eigenvalue weighted by atomic mass is 35.5. The topological polar surface area (TPSA) is 54.4 Å². The second-order valence-corrected chi connectivity index (χ2v) is 6.38. The summed E-state index contributed by atoms with van der Waals surface area (Å²) in [4.78, 5) is 0. The summed E-state index contributed by atoms with van der Waals surface area (Å²) in [7, 11) is -3.45. The second-order valence-electron chi connectivity index (χ2n) is 3.48. The molecule has 0 amide bonds. The van der Waals surface area contributed by atoms with Crippen LogP contribution in [0.1, 0.15) is 17.2 Å². The Hall–Kier alpha value is -0.580. The van der Waals surface area contributed by atoms with E-state index in [1.165, 1.54) is 0 Å². The molecule has 1 N–H and O–H groups in total. The van der Waals surface area contributed by atoms with E-state index in [9.17, 15) is 13.5 Å². The lowest BCUT2D eigenvalue weighted by molar-refractivity contribution is 0.191. The minimum Gasteiger partial charge on any atom is -0.386 e. The number of aliphatic hydroxyl groups is 1. The Morgan fingerprint density at radius 1 is 1.33 bits per heavy atom. The highest BCUT2D eigenvalue weighted by molar-refractivity contribution is 7.92. The molecular formula is C10H13ClO3S. The Bertz CT molecular complexity index is 442. The third kappa shape index (κ3) is 2.93. The highest BCUT2D eigenvalue weighted by Crippen LogP contribution is 2.26. The monoisotopic (exact) mass is 248 g/mol. The van der Waals surface area contributed by atoms with Gasteiger partial charge >= 0.3 is 0 Å². The SMILES string of the molecule is Cc1ccccc1[C@@H](O)[C@H](Cl)S(C)(=O)=O. The molecule has 2 atom stereocenters. The smallest absolute Gasteiger partial charge is 0.167 e. The van der Waals surface area contributed by atoms with Crippen molar-refractivity contribution >= 4 is 21.4 Å². The van der Waals surface area contributed by atoms with Crippen LogP contribution in [0.25, 0.3) is 0 Å². The van der Waals surface area contributed by atoms with Gasteiger partial charge in [-0.1, -0.05) is 24.3 Å². The van der Waals surface area contributed by atoms with Gasteiger partial charge in [0.1, 0.15) is 6.10 Å². The fourth-order valence-corrected chi connectivity index (χ4v) is 2.04. The second kappa shape index (κ2) is 4.51.